The first-order valence-corrected chi connectivity index (χ1v) is 7.76. The predicted molar refractivity (Wildman–Crippen MR) is 85.4 cm³/mol. The summed E-state index contributed by atoms with van der Waals surface area (Å²) >= 11 is 0. The Morgan fingerprint density at radius 1 is 1.38 bits per heavy atom. The Morgan fingerprint density at radius 2 is 2.05 bits per heavy atom. The van der Waals surface area contributed by atoms with Crippen LogP contribution in [-0.4, -0.2) is 41.7 Å². The van der Waals surface area contributed by atoms with E-state index in [0.29, 0.717) is 18.4 Å². The normalized spacial score (nSPS) is 22.7. The second-order valence-corrected chi connectivity index (χ2v) is 6.31. The van der Waals surface area contributed by atoms with E-state index >= 15 is 0 Å². The maximum Gasteiger partial charge on any atom is 0.238 e. The number of hydrogen-bond acceptors (Lipinski definition) is 3. The maximum atomic E-state index is 12.1. The van der Waals surface area contributed by atoms with E-state index in [9.17, 15) is 9.90 Å². The van der Waals surface area contributed by atoms with Gasteiger partial charge in [-0.15, -0.1) is 0 Å². The van der Waals surface area contributed by atoms with Gasteiger partial charge < -0.3 is 10.4 Å². The van der Waals surface area contributed by atoms with Crippen LogP contribution in [0, 0.1) is 5.92 Å². The summed E-state index contributed by atoms with van der Waals surface area (Å²) in [5.41, 5.74) is 2.10. The van der Waals surface area contributed by atoms with Gasteiger partial charge in [0.15, 0.2) is 0 Å². The third-order valence-electron chi connectivity index (χ3n) is 4.39. The number of likely N-dealkylation sites (tertiary alicyclic amines) is 1. The van der Waals surface area contributed by atoms with Gasteiger partial charge in [-0.3, -0.25) is 9.69 Å². The molecule has 1 aliphatic heterocycles. The Hall–Kier alpha value is -1.39. The number of aliphatic hydroxyl groups is 1. The zero-order valence-electron chi connectivity index (χ0n) is 13.2. The molecule has 1 heterocycles. The molecule has 0 aromatic heterocycles. The Labute approximate surface area is 127 Å². The lowest BCUT2D eigenvalue weighted by Crippen LogP contribution is -2.40. The number of amides is 1. The van der Waals surface area contributed by atoms with Crippen molar-refractivity contribution in [2.24, 2.45) is 5.92 Å². The minimum absolute atomic E-state index is 0.0140. The third-order valence-corrected chi connectivity index (χ3v) is 4.39. The maximum absolute atomic E-state index is 12.1. The van der Waals surface area contributed by atoms with Crippen LogP contribution in [0.3, 0.4) is 0 Å². The number of anilines is 1. The van der Waals surface area contributed by atoms with Gasteiger partial charge in [0.2, 0.25) is 5.91 Å². The highest BCUT2D eigenvalue weighted by Gasteiger charge is 2.31. The first-order valence-electron chi connectivity index (χ1n) is 7.76. The van der Waals surface area contributed by atoms with Crippen LogP contribution in [0.4, 0.5) is 5.69 Å². The number of hydrogen-bond donors (Lipinski definition) is 2. The lowest BCUT2D eigenvalue weighted by atomic mass is 10.0. The van der Waals surface area contributed by atoms with Gasteiger partial charge in [0.1, 0.15) is 0 Å². The number of benzene rings is 1. The smallest absolute Gasteiger partial charge is 0.238 e. The SMILES string of the molecule is CC(C)c1ccc(NC(=O)CN2CCC(C)C2CO)cc1. The van der Waals surface area contributed by atoms with Crippen LogP contribution in [0.2, 0.25) is 0 Å². The summed E-state index contributed by atoms with van der Waals surface area (Å²) in [5, 5.41) is 12.4. The molecule has 1 aromatic rings. The van der Waals surface area contributed by atoms with E-state index in [1.54, 1.807) is 0 Å². The minimum Gasteiger partial charge on any atom is -0.395 e. The number of carbonyl (C=O) groups is 1. The number of aliphatic hydroxyl groups excluding tert-OH is 1. The molecule has 0 radical (unpaired) electrons. The van der Waals surface area contributed by atoms with Crippen molar-refractivity contribution in [2.75, 3.05) is 25.0 Å². The van der Waals surface area contributed by atoms with E-state index in [4.69, 9.17) is 0 Å². The molecule has 4 nitrogen and oxygen atoms in total. The van der Waals surface area contributed by atoms with E-state index in [1.165, 1.54) is 5.56 Å². The van der Waals surface area contributed by atoms with E-state index in [1.807, 2.05) is 12.1 Å². The summed E-state index contributed by atoms with van der Waals surface area (Å²) in [5.74, 6) is 0.930. The van der Waals surface area contributed by atoms with Crippen LogP contribution >= 0.6 is 0 Å². The zero-order chi connectivity index (χ0) is 15.4. The van der Waals surface area contributed by atoms with Gasteiger partial charge in [0.05, 0.1) is 13.2 Å². The molecule has 4 heteroatoms. The van der Waals surface area contributed by atoms with Gasteiger partial charge in [-0.25, -0.2) is 0 Å². The summed E-state index contributed by atoms with van der Waals surface area (Å²) in [6.07, 6.45) is 1.04. The van der Waals surface area contributed by atoms with Crippen molar-refractivity contribution < 1.29 is 9.90 Å². The molecule has 0 spiro atoms. The molecule has 1 amide bonds. The van der Waals surface area contributed by atoms with E-state index in [2.05, 4.69) is 43.1 Å². The fourth-order valence-electron chi connectivity index (χ4n) is 2.92. The summed E-state index contributed by atoms with van der Waals surface area (Å²) in [6, 6.07) is 8.11. The van der Waals surface area contributed by atoms with Crippen molar-refractivity contribution in [1.29, 1.82) is 0 Å². The summed E-state index contributed by atoms with van der Waals surface area (Å²) in [4.78, 5) is 14.2. The molecule has 0 aliphatic carbocycles. The van der Waals surface area contributed by atoms with Gasteiger partial charge in [-0.1, -0.05) is 32.9 Å². The monoisotopic (exact) mass is 290 g/mol. The third kappa shape index (κ3) is 4.05. The highest BCUT2D eigenvalue weighted by Crippen LogP contribution is 2.23. The molecule has 1 aromatic carbocycles. The van der Waals surface area contributed by atoms with E-state index < -0.39 is 0 Å². The fourth-order valence-corrected chi connectivity index (χ4v) is 2.92. The Morgan fingerprint density at radius 3 is 2.62 bits per heavy atom. The van der Waals surface area contributed by atoms with Crippen LogP contribution in [0.25, 0.3) is 0 Å². The standard InChI is InChI=1S/C17H26N2O2/c1-12(2)14-4-6-15(7-5-14)18-17(21)10-19-9-8-13(3)16(19)11-20/h4-7,12-13,16,20H,8-11H2,1-3H3,(H,18,21). The van der Waals surface area contributed by atoms with Gasteiger partial charge in [0.25, 0.3) is 0 Å². The fraction of sp³-hybridized carbons (Fsp3) is 0.588. The second kappa shape index (κ2) is 7.05. The van der Waals surface area contributed by atoms with Crippen molar-refractivity contribution in [1.82, 2.24) is 4.90 Å². The van der Waals surface area contributed by atoms with Crippen molar-refractivity contribution in [3.8, 4) is 0 Å². The molecule has 0 saturated carbocycles. The molecule has 0 bridgehead atoms. The van der Waals surface area contributed by atoms with Gasteiger partial charge in [-0.05, 0) is 42.5 Å². The van der Waals surface area contributed by atoms with Crippen LogP contribution in [0.5, 0.6) is 0 Å². The quantitative estimate of drug-likeness (QED) is 0.876. The number of nitrogens with one attached hydrogen (secondary N) is 1. The second-order valence-electron chi connectivity index (χ2n) is 6.31. The Kier molecular flexibility index (Phi) is 5.37. The van der Waals surface area contributed by atoms with Crippen molar-refractivity contribution in [2.45, 2.75) is 39.2 Å². The summed E-state index contributed by atoms with van der Waals surface area (Å²) in [6.45, 7) is 7.78. The lowest BCUT2D eigenvalue weighted by molar-refractivity contribution is -0.117. The highest BCUT2D eigenvalue weighted by molar-refractivity contribution is 5.92. The van der Waals surface area contributed by atoms with Crippen molar-refractivity contribution in [3.63, 3.8) is 0 Å². The molecule has 21 heavy (non-hydrogen) atoms. The molecular formula is C17H26N2O2. The average Bonchev–Trinajstić information content (AvgIpc) is 2.79. The molecule has 1 aliphatic rings. The van der Waals surface area contributed by atoms with Gasteiger partial charge in [-0.2, -0.15) is 0 Å². The molecule has 2 unspecified atom stereocenters. The number of rotatable bonds is 5. The Balaban J connectivity index is 1.89. The predicted octanol–water partition coefficient (Wildman–Crippen LogP) is 2.45. The largest absolute Gasteiger partial charge is 0.395 e. The van der Waals surface area contributed by atoms with Crippen LogP contribution in [0.15, 0.2) is 24.3 Å². The van der Waals surface area contributed by atoms with E-state index in [-0.39, 0.29) is 18.6 Å². The Bertz CT molecular complexity index is 470. The molecule has 2 atom stereocenters. The summed E-state index contributed by atoms with van der Waals surface area (Å²) < 4.78 is 0. The molecule has 2 rings (SSSR count). The molecular weight excluding hydrogens is 264 g/mol. The first-order chi connectivity index (χ1) is 10.0. The first kappa shape index (κ1) is 16.0. The number of nitrogens with zero attached hydrogens (tertiary/aromatic N) is 1. The minimum atomic E-state index is -0.0140. The topological polar surface area (TPSA) is 52.6 Å². The van der Waals surface area contributed by atoms with Crippen LogP contribution in [0.1, 0.15) is 38.7 Å². The molecule has 2 N–H and O–H groups in total. The van der Waals surface area contributed by atoms with Gasteiger partial charge >= 0.3 is 0 Å². The molecule has 1 fully saturated rings. The summed E-state index contributed by atoms with van der Waals surface area (Å²) in [7, 11) is 0. The van der Waals surface area contributed by atoms with E-state index in [0.717, 1.165) is 18.7 Å². The molecule has 116 valence electrons. The highest BCUT2D eigenvalue weighted by atomic mass is 16.3. The van der Waals surface area contributed by atoms with Crippen LogP contribution in [-0.2, 0) is 4.79 Å². The van der Waals surface area contributed by atoms with Crippen LogP contribution < -0.4 is 5.32 Å². The zero-order valence-corrected chi connectivity index (χ0v) is 13.2. The lowest BCUT2D eigenvalue weighted by Gasteiger charge is -2.24. The number of carbonyl (C=O) groups excluding carboxylic acids is 1. The van der Waals surface area contributed by atoms with Crippen molar-refractivity contribution >= 4 is 11.6 Å². The van der Waals surface area contributed by atoms with Gasteiger partial charge in [0, 0.05) is 11.7 Å². The molecule has 1 saturated heterocycles. The van der Waals surface area contributed by atoms with Crippen molar-refractivity contribution in [3.05, 3.63) is 29.8 Å². The average molecular weight is 290 g/mol.